The van der Waals surface area contributed by atoms with Gasteiger partial charge in [0, 0.05) is 18.4 Å². The minimum Gasteiger partial charge on any atom is -0.450 e. The number of hydrogen-bond donors (Lipinski definition) is 1. The molecule has 0 fully saturated rings. The van der Waals surface area contributed by atoms with Crippen molar-refractivity contribution in [2.75, 3.05) is 0 Å². The second kappa shape index (κ2) is 7.97. The van der Waals surface area contributed by atoms with Gasteiger partial charge in [-0.2, -0.15) is 0 Å². The molecule has 1 atom stereocenters. The monoisotopic (exact) mass is 327 g/mol. The van der Waals surface area contributed by atoms with E-state index in [2.05, 4.69) is 4.74 Å². The Balaban J connectivity index is 3.14. The summed E-state index contributed by atoms with van der Waals surface area (Å²) in [5.41, 5.74) is -0.318. The van der Waals surface area contributed by atoms with Crippen LogP contribution in [0.5, 0.6) is 11.5 Å². The molecule has 1 N–H and O–H groups in total. The first-order chi connectivity index (χ1) is 10.7. The topological polar surface area (TPSA) is 125 Å². The predicted molar refractivity (Wildman–Crippen MR) is 77.4 cm³/mol. The van der Waals surface area contributed by atoms with Crippen molar-refractivity contribution in [1.29, 1.82) is 0 Å². The van der Waals surface area contributed by atoms with Crippen LogP contribution in [0.3, 0.4) is 0 Å². The number of benzene rings is 1. The first-order valence-electron chi connectivity index (χ1n) is 6.80. The summed E-state index contributed by atoms with van der Waals surface area (Å²) < 4.78 is 15.0. The second-order valence-electron chi connectivity index (χ2n) is 4.83. The van der Waals surface area contributed by atoms with Crippen LogP contribution in [0.1, 0.15) is 27.2 Å². The van der Waals surface area contributed by atoms with E-state index >= 15 is 0 Å². The molecule has 0 bridgehead atoms. The van der Waals surface area contributed by atoms with Crippen molar-refractivity contribution in [1.82, 2.24) is 0 Å². The highest BCUT2D eigenvalue weighted by Gasteiger charge is 2.23. The minimum atomic E-state index is -1.60. The molecule has 23 heavy (non-hydrogen) atoms. The number of esters is 1. The molecule has 1 aromatic carbocycles. The van der Waals surface area contributed by atoms with Gasteiger partial charge in [0.1, 0.15) is 0 Å². The summed E-state index contributed by atoms with van der Waals surface area (Å²) in [5.74, 6) is -1.23. The van der Waals surface area contributed by atoms with Crippen molar-refractivity contribution in [3.63, 3.8) is 0 Å². The lowest BCUT2D eigenvalue weighted by Crippen LogP contribution is -2.29. The minimum absolute atomic E-state index is 0.125. The van der Waals surface area contributed by atoms with Crippen LogP contribution in [0.25, 0.3) is 0 Å². The molecule has 9 nitrogen and oxygen atoms in total. The summed E-state index contributed by atoms with van der Waals surface area (Å²) in [7, 11) is 0. The molecular formula is C14H17NO8. The van der Waals surface area contributed by atoms with E-state index in [0.717, 1.165) is 18.2 Å². The number of carbonyl (C=O) groups excluding carboxylic acids is 1. The van der Waals surface area contributed by atoms with Crippen LogP contribution in [0, 0.1) is 16.0 Å². The summed E-state index contributed by atoms with van der Waals surface area (Å²) in [5, 5.41) is 19.5. The van der Waals surface area contributed by atoms with Gasteiger partial charge in [-0.05, 0) is 6.07 Å². The van der Waals surface area contributed by atoms with Crippen LogP contribution in [-0.2, 0) is 9.53 Å². The number of carbonyl (C=O) groups is 2. The number of non-ortho nitro benzene ring substituents is 1. The Bertz CT molecular complexity index is 598. The highest BCUT2D eigenvalue weighted by molar-refractivity contribution is 5.69. The number of nitro groups is 1. The number of ether oxygens (including phenoxy) is 3. The highest BCUT2D eigenvalue weighted by Crippen LogP contribution is 2.33. The molecular weight excluding hydrogens is 310 g/mol. The molecule has 1 rings (SSSR count). The molecule has 0 aliphatic rings. The summed E-state index contributed by atoms with van der Waals surface area (Å²) in [4.78, 5) is 32.3. The van der Waals surface area contributed by atoms with Crippen molar-refractivity contribution < 1.29 is 33.8 Å². The average molecular weight is 327 g/mol. The van der Waals surface area contributed by atoms with Gasteiger partial charge in [0.2, 0.25) is 6.29 Å². The number of carboxylic acid groups (broad SMARTS) is 1. The van der Waals surface area contributed by atoms with E-state index in [0.29, 0.717) is 0 Å². The van der Waals surface area contributed by atoms with Gasteiger partial charge >= 0.3 is 12.1 Å². The molecule has 0 spiro atoms. The molecule has 1 aromatic rings. The van der Waals surface area contributed by atoms with Gasteiger partial charge in [-0.1, -0.05) is 20.8 Å². The van der Waals surface area contributed by atoms with Crippen LogP contribution >= 0.6 is 0 Å². The lowest BCUT2D eigenvalue weighted by Gasteiger charge is -2.23. The molecule has 0 aromatic heterocycles. The van der Waals surface area contributed by atoms with Crippen LogP contribution in [-0.4, -0.2) is 28.4 Å². The highest BCUT2D eigenvalue weighted by atomic mass is 16.7. The molecule has 9 heteroatoms. The Kier molecular flexibility index (Phi) is 6.31. The van der Waals surface area contributed by atoms with Gasteiger partial charge in [0.25, 0.3) is 5.69 Å². The fourth-order valence-electron chi connectivity index (χ4n) is 1.52. The average Bonchev–Trinajstić information content (AvgIpc) is 2.46. The van der Waals surface area contributed by atoms with E-state index in [-0.39, 0.29) is 29.5 Å². The SMILES string of the molecule is CCC(=O)OC(Oc1cc([N+](=O)[O-])ccc1OC(=O)O)C(C)C. The van der Waals surface area contributed by atoms with E-state index in [4.69, 9.17) is 14.6 Å². The smallest absolute Gasteiger partial charge is 0.450 e. The van der Waals surface area contributed by atoms with Crippen molar-refractivity contribution >= 4 is 17.8 Å². The third-order valence-corrected chi connectivity index (χ3v) is 2.66. The molecule has 0 heterocycles. The summed E-state index contributed by atoms with van der Waals surface area (Å²) in [6.45, 7) is 5.03. The number of nitro benzene ring substituents is 1. The van der Waals surface area contributed by atoms with Gasteiger partial charge in [0.15, 0.2) is 11.5 Å². The molecule has 0 amide bonds. The van der Waals surface area contributed by atoms with Crippen LogP contribution in [0.2, 0.25) is 0 Å². The predicted octanol–water partition coefficient (Wildman–Crippen LogP) is 2.97. The molecule has 0 aliphatic carbocycles. The van der Waals surface area contributed by atoms with Gasteiger partial charge < -0.3 is 19.3 Å². The first-order valence-corrected chi connectivity index (χ1v) is 6.80. The molecule has 1 unspecified atom stereocenters. The third-order valence-electron chi connectivity index (χ3n) is 2.66. The molecule has 0 aliphatic heterocycles. The fraction of sp³-hybridized carbons (Fsp3) is 0.429. The Hall–Kier alpha value is -2.84. The molecule has 126 valence electrons. The normalized spacial score (nSPS) is 11.7. The lowest BCUT2D eigenvalue weighted by molar-refractivity contribution is -0.385. The maximum Gasteiger partial charge on any atom is 0.511 e. The van der Waals surface area contributed by atoms with E-state index in [1.165, 1.54) is 0 Å². The van der Waals surface area contributed by atoms with E-state index < -0.39 is 23.3 Å². The second-order valence-corrected chi connectivity index (χ2v) is 4.83. The maximum absolute atomic E-state index is 11.4. The number of hydrogen-bond acceptors (Lipinski definition) is 7. The number of rotatable bonds is 7. The third kappa shape index (κ3) is 5.46. The van der Waals surface area contributed by atoms with Crippen molar-refractivity contribution in [2.24, 2.45) is 5.92 Å². The van der Waals surface area contributed by atoms with Gasteiger partial charge in [-0.15, -0.1) is 0 Å². The van der Waals surface area contributed by atoms with Crippen molar-refractivity contribution in [2.45, 2.75) is 33.5 Å². The zero-order valence-electron chi connectivity index (χ0n) is 12.8. The number of nitrogens with zero attached hydrogens (tertiary/aromatic N) is 1. The van der Waals surface area contributed by atoms with E-state index in [1.807, 2.05) is 0 Å². The van der Waals surface area contributed by atoms with E-state index in [9.17, 15) is 19.7 Å². The van der Waals surface area contributed by atoms with Crippen molar-refractivity contribution in [3.8, 4) is 11.5 Å². The zero-order valence-corrected chi connectivity index (χ0v) is 12.8. The molecule has 0 radical (unpaired) electrons. The molecule has 0 saturated carbocycles. The Morgan fingerprint density at radius 2 is 1.96 bits per heavy atom. The standard InChI is InChI=1S/C14H17NO8/c1-4-12(16)23-13(8(2)3)21-11-7-9(15(19)20)5-6-10(11)22-14(17)18/h5-8,13H,4H2,1-3H3,(H,17,18). The largest absolute Gasteiger partial charge is 0.511 e. The lowest BCUT2D eigenvalue weighted by atomic mass is 10.2. The van der Waals surface area contributed by atoms with Crippen LogP contribution in [0.15, 0.2) is 18.2 Å². The Labute approximate surface area is 131 Å². The maximum atomic E-state index is 11.4. The van der Waals surface area contributed by atoms with Gasteiger partial charge in [0.05, 0.1) is 11.0 Å². The van der Waals surface area contributed by atoms with Crippen molar-refractivity contribution in [3.05, 3.63) is 28.3 Å². The van der Waals surface area contributed by atoms with Gasteiger partial charge in [-0.25, -0.2) is 4.79 Å². The van der Waals surface area contributed by atoms with Crippen LogP contribution < -0.4 is 9.47 Å². The first kappa shape index (κ1) is 18.2. The van der Waals surface area contributed by atoms with E-state index in [1.54, 1.807) is 20.8 Å². The summed E-state index contributed by atoms with van der Waals surface area (Å²) >= 11 is 0. The van der Waals surface area contributed by atoms with Gasteiger partial charge in [-0.3, -0.25) is 14.9 Å². The summed E-state index contributed by atoms with van der Waals surface area (Å²) in [6.07, 6.45) is -2.52. The fourth-order valence-corrected chi connectivity index (χ4v) is 1.52. The molecule has 0 saturated heterocycles. The zero-order chi connectivity index (χ0) is 17.6. The summed E-state index contributed by atoms with van der Waals surface area (Å²) in [6, 6.07) is 3.18. The van der Waals surface area contributed by atoms with Crippen LogP contribution in [0.4, 0.5) is 10.5 Å². The quantitative estimate of drug-likeness (QED) is 0.266. The Morgan fingerprint density at radius 3 is 2.43 bits per heavy atom. The Morgan fingerprint density at radius 1 is 1.30 bits per heavy atom.